The number of nitrogens with one attached hydrogen (secondary N) is 2. The topological polar surface area (TPSA) is 101 Å². The summed E-state index contributed by atoms with van der Waals surface area (Å²) in [6.45, 7) is 1.90. The highest BCUT2D eigenvalue weighted by Crippen LogP contribution is 2.31. The Kier molecular flexibility index (Phi) is 5.94. The zero-order valence-corrected chi connectivity index (χ0v) is 16.5. The van der Waals surface area contributed by atoms with Crippen LogP contribution in [0.1, 0.15) is 26.5 Å². The summed E-state index contributed by atoms with van der Waals surface area (Å²) in [6, 6.07) is 15.2. The molecule has 0 atom stereocenters. The van der Waals surface area contributed by atoms with Crippen molar-refractivity contribution in [3.63, 3.8) is 0 Å². The largest absolute Gasteiger partial charge is 0.495 e. The van der Waals surface area contributed by atoms with Crippen molar-refractivity contribution < 1.29 is 23.8 Å². The summed E-state index contributed by atoms with van der Waals surface area (Å²) in [4.78, 5) is 23.4. The minimum atomic E-state index is -1.15. The molecule has 0 aliphatic carbocycles. The lowest BCUT2D eigenvalue weighted by Crippen LogP contribution is -2.34. The Morgan fingerprint density at radius 3 is 2.55 bits per heavy atom. The molecular formula is C21H18N2O5S. The zero-order chi connectivity index (χ0) is 21.0. The van der Waals surface area contributed by atoms with E-state index in [2.05, 4.69) is 10.6 Å². The molecule has 3 N–H and O–H groups in total. The van der Waals surface area contributed by atoms with Crippen LogP contribution >= 0.6 is 12.2 Å². The highest BCUT2D eigenvalue weighted by molar-refractivity contribution is 7.80. The van der Waals surface area contributed by atoms with Crippen LogP contribution in [-0.2, 0) is 0 Å². The third-order valence-electron chi connectivity index (χ3n) is 4.06. The third kappa shape index (κ3) is 4.80. The Bertz CT molecular complexity index is 1090. The summed E-state index contributed by atoms with van der Waals surface area (Å²) >= 11 is 5.25. The van der Waals surface area contributed by atoms with Crippen molar-refractivity contribution in [2.24, 2.45) is 0 Å². The number of aromatic carboxylic acids is 1. The van der Waals surface area contributed by atoms with Crippen molar-refractivity contribution in [1.82, 2.24) is 5.32 Å². The molecule has 2 aromatic carbocycles. The van der Waals surface area contributed by atoms with Gasteiger partial charge in [0.25, 0.3) is 5.91 Å². The third-order valence-corrected chi connectivity index (χ3v) is 4.26. The predicted octanol–water partition coefficient (Wildman–Crippen LogP) is 4.09. The number of thiocarbonyl (C=S) groups is 1. The number of carbonyl (C=O) groups excluding carboxylic acids is 1. The molecule has 1 amide bonds. The molecule has 3 aromatic rings. The molecule has 29 heavy (non-hydrogen) atoms. The number of furan rings is 1. The van der Waals surface area contributed by atoms with Crippen LogP contribution in [0.25, 0.3) is 11.3 Å². The van der Waals surface area contributed by atoms with Gasteiger partial charge in [-0.1, -0.05) is 17.7 Å². The molecule has 0 fully saturated rings. The van der Waals surface area contributed by atoms with Crippen LogP contribution < -0.4 is 15.4 Å². The van der Waals surface area contributed by atoms with Crippen molar-refractivity contribution in [1.29, 1.82) is 0 Å². The van der Waals surface area contributed by atoms with Crippen LogP contribution in [0.2, 0.25) is 0 Å². The fourth-order valence-electron chi connectivity index (χ4n) is 2.68. The minimum Gasteiger partial charge on any atom is -0.495 e. The lowest BCUT2D eigenvalue weighted by Gasteiger charge is -2.14. The van der Waals surface area contributed by atoms with E-state index >= 15 is 0 Å². The average molecular weight is 410 g/mol. The number of ether oxygens (including phenoxy) is 1. The van der Waals surface area contributed by atoms with Gasteiger partial charge in [-0.15, -0.1) is 0 Å². The quantitative estimate of drug-likeness (QED) is 0.545. The number of methoxy groups -OCH3 is 1. The molecule has 1 aromatic heterocycles. The summed E-state index contributed by atoms with van der Waals surface area (Å²) in [6.07, 6.45) is 0. The molecule has 0 saturated heterocycles. The van der Waals surface area contributed by atoms with Gasteiger partial charge in [-0.25, -0.2) is 4.79 Å². The molecule has 7 nitrogen and oxygen atoms in total. The van der Waals surface area contributed by atoms with Gasteiger partial charge in [-0.05, 0) is 61.6 Å². The van der Waals surface area contributed by atoms with Crippen molar-refractivity contribution in [3.05, 3.63) is 71.5 Å². The van der Waals surface area contributed by atoms with Gasteiger partial charge in [0.15, 0.2) is 5.11 Å². The molecule has 0 spiro atoms. The summed E-state index contributed by atoms with van der Waals surface area (Å²) < 4.78 is 10.7. The number of benzene rings is 2. The number of amides is 1. The van der Waals surface area contributed by atoms with Crippen LogP contribution in [0, 0.1) is 6.92 Å². The van der Waals surface area contributed by atoms with Crippen molar-refractivity contribution in [3.8, 4) is 17.1 Å². The van der Waals surface area contributed by atoms with E-state index in [1.54, 1.807) is 42.5 Å². The van der Waals surface area contributed by atoms with Crippen LogP contribution in [0.3, 0.4) is 0 Å². The number of rotatable bonds is 5. The number of carboxylic acid groups (broad SMARTS) is 1. The van der Waals surface area contributed by atoms with E-state index in [1.165, 1.54) is 13.2 Å². The number of hydrogen-bond donors (Lipinski definition) is 3. The molecule has 0 aliphatic heterocycles. The second-order valence-corrected chi connectivity index (χ2v) is 6.57. The van der Waals surface area contributed by atoms with E-state index in [0.717, 1.165) is 5.56 Å². The van der Waals surface area contributed by atoms with Crippen LogP contribution in [0.5, 0.6) is 5.75 Å². The van der Waals surface area contributed by atoms with Gasteiger partial charge >= 0.3 is 5.97 Å². The average Bonchev–Trinajstić information content (AvgIpc) is 3.18. The van der Waals surface area contributed by atoms with Gasteiger partial charge in [0.1, 0.15) is 11.5 Å². The Morgan fingerprint density at radius 2 is 1.90 bits per heavy atom. The molecule has 3 rings (SSSR count). The van der Waals surface area contributed by atoms with E-state index < -0.39 is 5.97 Å². The van der Waals surface area contributed by atoms with Gasteiger partial charge in [-0.3, -0.25) is 10.1 Å². The highest BCUT2D eigenvalue weighted by atomic mass is 32.1. The maximum atomic E-state index is 12.4. The van der Waals surface area contributed by atoms with E-state index in [4.69, 9.17) is 26.5 Å². The summed E-state index contributed by atoms with van der Waals surface area (Å²) in [5.74, 6) is -0.776. The van der Waals surface area contributed by atoms with E-state index in [9.17, 15) is 9.59 Å². The monoisotopic (exact) mass is 410 g/mol. The summed E-state index contributed by atoms with van der Waals surface area (Å²) in [7, 11) is 1.50. The smallest absolute Gasteiger partial charge is 0.371 e. The van der Waals surface area contributed by atoms with Crippen LogP contribution in [-0.4, -0.2) is 29.2 Å². The summed E-state index contributed by atoms with van der Waals surface area (Å²) in [5.41, 5.74) is 2.57. The molecular weight excluding hydrogens is 392 g/mol. The Morgan fingerprint density at radius 1 is 1.10 bits per heavy atom. The molecule has 0 bridgehead atoms. The lowest BCUT2D eigenvalue weighted by atomic mass is 10.1. The lowest BCUT2D eigenvalue weighted by molar-refractivity contribution is 0.0663. The molecule has 0 aliphatic rings. The van der Waals surface area contributed by atoms with Gasteiger partial charge in [0.2, 0.25) is 5.76 Å². The standard InChI is InChI=1S/C21H18N2O5S/c1-12-4-3-5-14(10-12)19(24)23-21(29)22-15-11-13(6-7-17(15)27-2)16-8-9-18(28-16)20(25)26/h3-11H,1-2H3,(H,25,26)(H2,22,23,24,29). The SMILES string of the molecule is COc1ccc(-c2ccc(C(=O)O)o2)cc1NC(=S)NC(=O)c1cccc(C)c1. The maximum absolute atomic E-state index is 12.4. The first kappa shape index (κ1) is 20.1. The Balaban J connectivity index is 1.79. The van der Waals surface area contributed by atoms with Gasteiger partial charge in [0, 0.05) is 11.1 Å². The molecule has 1 heterocycles. The molecule has 148 valence electrons. The number of hydrogen-bond acceptors (Lipinski definition) is 5. The Labute approximate surface area is 172 Å². The van der Waals surface area contributed by atoms with Gasteiger partial charge in [0.05, 0.1) is 12.8 Å². The van der Waals surface area contributed by atoms with Gasteiger partial charge in [-0.2, -0.15) is 0 Å². The maximum Gasteiger partial charge on any atom is 0.371 e. The molecule has 8 heteroatoms. The van der Waals surface area contributed by atoms with Crippen molar-refractivity contribution in [2.45, 2.75) is 6.92 Å². The van der Waals surface area contributed by atoms with Crippen LogP contribution in [0.4, 0.5) is 5.69 Å². The first-order valence-electron chi connectivity index (χ1n) is 8.58. The first-order chi connectivity index (χ1) is 13.9. The normalized spacial score (nSPS) is 10.3. The van der Waals surface area contributed by atoms with Crippen molar-refractivity contribution >= 4 is 34.9 Å². The second-order valence-electron chi connectivity index (χ2n) is 6.16. The molecule has 0 unspecified atom stereocenters. The van der Waals surface area contributed by atoms with Crippen molar-refractivity contribution in [2.75, 3.05) is 12.4 Å². The Hall–Kier alpha value is -3.65. The van der Waals surface area contributed by atoms with E-state index in [1.807, 2.05) is 13.0 Å². The second kappa shape index (κ2) is 8.57. The number of carbonyl (C=O) groups is 2. The molecule has 0 saturated carbocycles. The van der Waals surface area contributed by atoms with E-state index in [-0.39, 0.29) is 16.8 Å². The van der Waals surface area contributed by atoms with Gasteiger partial charge < -0.3 is 19.6 Å². The fourth-order valence-corrected chi connectivity index (χ4v) is 2.88. The molecule has 0 radical (unpaired) electrons. The van der Waals surface area contributed by atoms with Crippen LogP contribution in [0.15, 0.2) is 59.0 Å². The van der Waals surface area contributed by atoms with E-state index in [0.29, 0.717) is 28.3 Å². The minimum absolute atomic E-state index is 0.0950. The first-order valence-corrected chi connectivity index (χ1v) is 8.98. The number of carboxylic acids is 1. The number of anilines is 1. The highest BCUT2D eigenvalue weighted by Gasteiger charge is 2.14. The predicted molar refractivity (Wildman–Crippen MR) is 113 cm³/mol. The number of aryl methyl sites for hydroxylation is 1. The zero-order valence-electron chi connectivity index (χ0n) is 15.7. The fraction of sp³-hybridized carbons (Fsp3) is 0.0952. The summed E-state index contributed by atoms with van der Waals surface area (Å²) in [5, 5.41) is 14.7.